The summed E-state index contributed by atoms with van der Waals surface area (Å²) in [6, 6.07) is -0.162. The fourth-order valence-electron chi connectivity index (χ4n) is 2.79. The Bertz CT molecular complexity index is 389. The standard InChI is InChI=1S/C14H23N3O3/c1-2-3-12(18)15-10-6-8-17(9-7-10)14(20)11-4-5-13(19)16-11/h10-11H,2-9H2,1H3,(H,15,18)(H,16,19). The average Bonchev–Trinajstić information content (AvgIpc) is 2.86. The third-order valence-corrected chi connectivity index (χ3v) is 3.94. The maximum absolute atomic E-state index is 12.2. The first-order valence-electron chi connectivity index (χ1n) is 7.47. The summed E-state index contributed by atoms with van der Waals surface area (Å²) in [6.45, 7) is 3.29. The van der Waals surface area contributed by atoms with Gasteiger partial charge in [0.2, 0.25) is 17.7 Å². The first-order chi connectivity index (χ1) is 9.60. The Kier molecular flexibility index (Phi) is 4.98. The summed E-state index contributed by atoms with van der Waals surface area (Å²) in [7, 11) is 0. The molecule has 20 heavy (non-hydrogen) atoms. The molecule has 0 saturated carbocycles. The van der Waals surface area contributed by atoms with Gasteiger partial charge in [-0.15, -0.1) is 0 Å². The quantitative estimate of drug-likeness (QED) is 0.771. The second-order valence-electron chi connectivity index (χ2n) is 5.58. The van der Waals surface area contributed by atoms with Crippen LogP contribution in [0.2, 0.25) is 0 Å². The van der Waals surface area contributed by atoms with Crippen LogP contribution in [0.15, 0.2) is 0 Å². The second-order valence-corrected chi connectivity index (χ2v) is 5.58. The van der Waals surface area contributed by atoms with Crippen LogP contribution in [0.25, 0.3) is 0 Å². The maximum Gasteiger partial charge on any atom is 0.245 e. The van der Waals surface area contributed by atoms with Crippen molar-refractivity contribution in [3.63, 3.8) is 0 Å². The predicted octanol–water partition coefficient (Wildman–Crippen LogP) is 0.172. The topological polar surface area (TPSA) is 78.5 Å². The van der Waals surface area contributed by atoms with Crippen LogP contribution in [0.4, 0.5) is 0 Å². The smallest absolute Gasteiger partial charge is 0.245 e. The van der Waals surface area contributed by atoms with Crippen molar-refractivity contribution in [1.29, 1.82) is 0 Å². The zero-order valence-corrected chi connectivity index (χ0v) is 12.0. The van der Waals surface area contributed by atoms with E-state index < -0.39 is 0 Å². The fourth-order valence-corrected chi connectivity index (χ4v) is 2.79. The minimum atomic E-state index is -0.339. The Morgan fingerprint density at radius 1 is 1.30 bits per heavy atom. The number of rotatable bonds is 4. The van der Waals surface area contributed by atoms with Crippen molar-refractivity contribution in [3.05, 3.63) is 0 Å². The minimum absolute atomic E-state index is 0.0224. The van der Waals surface area contributed by atoms with Crippen LogP contribution in [0.5, 0.6) is 0 Å². The Morgan fingerprint density at radius 3 is 2.55 bits per heavy atom. The Labute approximate surface area is 119 Å². The molecule has 0 aromatic carbocycles. The minimum Gasteiger partial charge on any atom is -0.353 e. The molecular weight excluding hydrogens is 258 g/mol. The summed E-state index contributed by atoms with van der Waals surface area (Å²) in [6.07, 6.45) is 4.05. The number of hydrogen-bond acceptors (Lipinski definition) is 3. The number of piperidine rings is 1. The van der Waals surface area contributed by atoms with Gasteiger partial charge in [-0.2, -0.15) is 0 Å². The largest absolute Gasteiger partial charge is 0.353 e. The van der Waals surface area contributed by atoms with E-state index in [9.17, 15) is 14.4 Å². The molecule has 0 aliphatic carbocycles. The van der Waals surface area contributed by atoms with Crippen molar-refractivity contribution in [2.45, 2.75) is 57.5 Å². The molecule has 2 N–H and O–H groups in total. The molecule has 2 aliphatic rings. The van der Waals surface area contributed by atoms with Crippen LogP contribution in [0, 0.1) is 0 Å². The molecule has 0 aromatic rings. The third kappa shape index (κ3) is 3.71. The van der Waals surface area contributed by atoms with Crippen molar-refractivity contribution in [2.75, 3.05) is 13.1 Å². The molecule has 1 atom stereocenters. The summed E-state index contributed by atoms with van der Waals surface area (Å²) < 4.78 is 0. The van der Waals surface area contributed by atoms with E-state index in [1.807, 2.05) is 6.92 Å². The lowest BCUT2D eigenvalue weighted by atomic mass is 10.0. The van der Waals surface area contributed by atoms with Crippen molar-refractivity contribution in [1.82, 2.24) is 15.5 Å². The van der Waals surface area contributed by atoms with E-state index in [1.165, 1.54) is 0 Å². The zero-order valence-electron chi connectivity index (χ0n) is 12.0. The van der Waals surface area contributed by atoms with Gasteiger partial charge < -0.3 is 15.5 Å². The molecule has 6 nitrogen and oxygen atoms in total. The van der Waals surface area contributed by atoms with Crippen LogP contribution in [0.3, 0.4) is 0 Å². The van der Waals surface area contributed by atoms with Crippen LogP contribution in [-0.4, -0.2) is 47.8 Å². The molecule has 2 aliphatic heterocycles. The van der Waals surface area contributed by atoms with Crippen LogP contribution in [-0.2, 0) is 14.4 Å². The summed E-state index contributed by atoms with van der Waals surface area (Å²) in [5, 5.41) is 5.72. The fraction of sp³-hybridized carbons (Fsp3) is 0.786. The van der Waals surface area contributed by atoms with Gasteiger partial charge in [-0.05, 0) is 25.7 Å². The Balaban J connectivity index is 1.75. The van der Waals surface area contributed by atoms with E-state index in [0.29, 0.717) is 32.4 Å². The zero-order chi connectivity index (χ0) is 14.5. The average molecular weight is 281 g/mol. The van der Waals surface area contributed by atoms with Gasteiger partial charge in [-0.1, -0.05) is 6.92 Å². The SMILES string of the molecule is CCCC(=O)NC1CCN(C(=O)C2CCC(=O)N2)CC1. The van der Waals surface area contributed by atoms with E-state index in [1.54, 1.807) is 4.90 Å². The highest BCUT2D eigenvalue weighted by Crippen LogP contribution is 2.15. The number of hydrogen-bond donors (Lipinski definition) is 2. The number of amides is 3. The highest BCUT2D eigenvalue weighted by Gasteiger charge is 2.32. The summed E-state index contributed by atoms with van der Waals surface area (Å²) in [4.78, 5) is 36.7. The number of carbonyl (C=O) groups is 3. The molecule has 6 heteroatoms. The Morgan fingerprint density at radius 2 is 2.00 bits per heavy atom. The van der Waals surface area contributed by atoms with Gasteiger partial charge in [0.25, 0.3) is 0 Å². The van der Waals surface area contributed by atoms with Gasteiger partial charge in [0.05, 0.1) is 0 Å². The Hall–Kier alpha value is -1.59. The monoisotopic (exact) mass is 281 g/mol. The van der Waals surface area contributed by atoms with E-state index in [-0.39, 0.29) is 29.8 Å². The third-order valence-electron chi connectivity index (χ3n) is 3.94. The maximum atomic E-state index is 12.2. The highest BCUT2D eigenvalue weighted by atomic mass is 16.2. The van der Waals surface area contributed by atoms with Crippen molar-refractivity contribution < 1.29 is 14.4 Å². The van der Waals surface area contributed by atoms with Gasteiger partial charge in [-0.25, -0.2) is 0 Å². The first-order valence-corrected chi connectivity index (χ1v) is 7.47. The van der Waals surface area contributed by atoms with E-state index in [4.69, 9.17) is 0 Å². The van der Waals surface area contributed by atoms with Gasteiger partial charge in [-0.3, -0.25) is 14.4 Å². The number of carbonyl (C=O) groups excluding carboxylic acids is 3. The molecule has 0 radical (unpaired) electrons. The molecule has 0 spiro atoms. The molecule has 1 unspecified atom stereocenters. The molecular formula is C14H23N3O3. The van der Waals surface area contributed by atoms with Crippen molar-refractivity contribution in [2.24, 2.45) is 0 Å². The van der Waals surface area contributed by atoms with Gasteiger partial charge in [0.1, 0.15) is 6.04 Å². The van der Waals surface area contributed by atoms with Crippen molar-refractivity contribution in [3.8, 4) is 0 Å². The summed E-state index contributed by atoms with van der Waals surface area (Å²) in [5.74, 6) is 0.0829. The van der Waals surface area contributed by atoms with Crippen LogP contribution in [0.1, 0.15) is 45.4 Å². The second kappa shape index (κ2) is 6.72. The number of nitrogens with one attached hydrogen (secondary N) is 2. The van der Waals surface area contributed by atoms with Crippen LogP contribution < -0.4 is 10.6 Å². The van der Waals surface area contributed by atoms with E-state index in [0.717, 1.165) is 19.3 Å². The normalized spacial score (nSPS) is 23.6. The summed E-state index contributed by atoms with van der Waals surface area (Å²) in [5.41, 5.74) is 0. The first kappa shape index (κ1) is 14.8. The highest BCUT2D eigenvalue weighted by molar-refractivity contribution is 5.90. The van der Waals surface area contributed by atoms with Crippen LogP contribution >= 0.6 is 0 Å². The lowest BCUT2D eigenvalue weighted by Crippen LogP contribution is -2.51. The van der Waals surface area contributed by atoms with E-state index in [2.05, 4.69) is 10.6 Å². The lowest BCUT2D eigenvalue weighted by Gasteiger charge is -2.33. The lowest BCUT2D eigenvalue weighted by molar-refractivity contribution is -0.135. The molecule has 3 amide bonds. The van der Waals surface area contributed by atoms with Gasteiger partial charge in [0, 0.05) is 32.0 Å². The molecule has 2 fully saturated rings. The van der Waals surface area contributed by atoms with E-state index >= 15 is 0 Å². The van der Waals surface area contributed by atoms with Gasteiger partial charge in [0.15, 0.2) is 0 Å². The molecule has 0 bridgehead atoms. The number of nitrogens with zero attached hydrogens (tertiary/aromatic N) is 1. The molecule has 2 rings (SSSR count). The van der Waals surface area contributed by atoms with Gasteiger partial charge >= 0.3 is 0 Å². The molecule has 2 heterocycles. The molecule has 2 saturated heterocycles. The molecule has 0 aromatic heterocycles. The molecule has 112 valence electrons. The number of likely N-dealkylation sites (tertiary alicyclic amines) is 1. The predicted molar refractivity (Wildman–Crippen MR) is 73.8 cm³/mol. The van der Waals surface area contributed by atoms with Crippen molar-refractivity contribution >= 4 is 17.7 Å². The summed E-state index contributed by atoms with van der Waals surface area (Å²) >= 11 is 0.